The number of hydrogen-bond donors (Lipinski definition) is 0. The monoisotopic (exact) mass is 249 g/mol. The number of halogens is 1. The summed E-state index contributed by atoms with van der Waals surface area (Å²) < 4.78 is 18.5. The molecule has 2 rings (SSSR count). The summed E-state index contributed by atoms with van der Waals surface area (Å²) in [5, 5.41) is 0. The number of ether oxygens (including phenoxy) is 1. The standard InChI is InChI=1S/C14H16FNO2/c1-2-18-14(17)11-7-5-10(6-8-11)13-12(15)4-3-9-16-13/h3-5,9,11H,2,6-8H2,1H3/t11-/m0/s1. The van der Waals surface area contributed by atoms with Gasteiger partial charge < -0.3 is 4.74 Å². The molecular weight excluding hydrogens is 233 g/mol. The first-order valence-corrected chi connectivity index (χ1v) is 6.19. The normalized spacial score (nSPS) is 19.2. The summed E-state index contributed by atoms with van der Waals surface area (Å²) in [5.74, 6) is -0.562. The van der Waals surface area contributed by atoms with Crippen LogP contribution in [0.4, 0.5) is 4.39 Å². The largest absolute Gasteiger partial charge is 0.466 e. The summed E-state index contributed by atoms with van der Waals surface area (Å²) in [5.41, 5.74) is 1.29. The second-order valence-corrected chi connectivity index (χ2v) is 4.29. The SMILES string of the molecule is CCOC(=O)[C@H]1CC=C(c2ncccc2F)CC1. The van der Waals surface area contributed by atoms with Crippen LogP contribution < -0.4 is 0 Å². The molecule has 0 saturated heterocycles. The van der Waals surface area contributed by atoms with Crippen molar-refractivity contribution in [2.75, 3.05) is 6.61 Å². The van der Waals surface area contributed by atoms with Gasteiger partial charge in [-0.3, -0.25) is 9.78 Å². The van der Waals surface area contributed by atoms with Gasteiger partial charge in [0.1, 0.15) is 11.5 Å². The van der Waals surface area contributed by atoms with Crippen LogP contribution in [0, 0.1) is 11.7 Å². The van der Waals surface area contributed by atoms with Gasteiger partial charge in [-0.05, 0) is 43.9 Å². The number of pyridine rings is 1. The molecule has 4 heteroatoms. The van der Waals surface area contributed by atoms with Gasteiger partial charge in [0.25, 0.3) is 0 Å². The number of carbonyl (C=O) groups excluding carboxylic acids is 1. The predicted octanol–water partition coefficient (Wildman–Crippen LogP) is 2.97. The molecule has 0 N–H and O–H groups in total. The van der Waals surface area contributed by atoms with E-state index in [9.17, 15) is 9.18 Å². The number of nitrogens with zero attached hydrogens (tertiary/aromatic N) is 1. The third-order valence-electron chi connectivity index (χ3n) is 3.09. The van der Waals surface area contributed by atoms with Crippen LogP contribution in [-0.4, -0.2) is 17.6 Å². The molecule has 96 valence electrons. The van der Waals surface area contributed by atoms with E-state index in [-0.39, 0.29) is 17.7 Å². The molecule has 3 nitrogen and oxygen atoms in total. The first-order valence-electron chi connectivity index (χ1n) is 6.19. The minimum Gasteiger partial charge on any atom is -0.466 e. The van der Waals surface area contributed by atoms with Gasteiger partial charge in [-0.1, -0.05) is 6.08 Å². The number of allylic oxidation sites excluding steroid dienone is 2. The van der Waals surface area contributed by atoms with Crippen LogP contribution >= 0.6 is 0 Å². The molecule has 0 radical (unpaired) electrons. The molecule has 1 heterocycles. The van der Waals surface area contributed by atoms with Crippen molar-refractivity contribution < 1.29 is 13.9 Å². The zero-order valence-corrected chi connectivity index (χ0v) is 10.4. The fourth-order valence-electron chi connectivity index (χ4n) is 2.15. The van der Waals surface area contributed by atoms with Gasteiger partial charge in [0, 0.05) is 6.20 Å². The number of aromatic nitrogens is 1. The molecule has 1 aromatic heterocycles. The highest BCUT2D eigenvalue weighted by atomic mass is 19.1. The lowest BCUT2D eigenvalue weighted by Crippen LogP contribution is -2.19. The van der Waals surface area contributed by atoms with Gasteiger partial charge in [-0.15, -0.1) is 0 Å². The highest BCUT2D eigenvalue weighted by molar-refractivity contribution is 5.75. The maximum Gasteiger partial charge on any atom is 0.309 e. The summed E-state index contributed by atoms with van der Waals surface area (Å²) in [6, 6.07) is 2.98. The molecule has 0 saturated carbocycles. The summed E-state index contributed by atoms with van der Waals surface area (Å²) in [6.07, 6.45) is 5.44. The molecule has 0 spiro atoms. The Kier molecular flexibility index (Phi) is 4.07. The molecule has 1 aliphatic carbocycles. The topological polar surface area (TPSA) is 39.2 Å². The molecule has 18 heavy (non-hydrogen) atoms. The molecule has 1 aromatic rings. The Balaban J connectivity index is 2.07. The number of hydrogen-bond acceptors (Lipinski definition) is 3. The number of esters is 1. The summed E-state index contributed by atoms with van der Waals surface area (Å²) in [4.78, 5) is 15.6. The minimum atomic E-state index is -0.307. The van der Waals surface area contributed by atoms with Crippen LogP contribution in [0.5, 0.6) is 0 Å². The highest BCUT2D eigenvalue weighted by Crippen LogP contribution is 2.30. The Bertz CT molecular complexity index is 471. The Labute approximate surface area is 106 Å². The first-order chi connectivity index (χ1) is 8.72. The van der Waals surface area contributed by atoms with E-state index in [4.69, 9.17) is 4.74 Å². The van der Waals surface area contributed by atoms with E-state index < -0.39 is 0 Å². The van der Waals surface area contributed by atoms with E-state index >= 15 is 0 Å². The molecule has 0 amide bonds. The van der Waals surface area contributed by atoms with Crippen molar-refractivity contribution in [3.63, 3.8) is 0 Å². The van der Waals surface area contributed by atoms with Crippen LogP contribution in [0.25, 0.3) is 5.57 Å². The van der Waals surface area contributed by atoms with Crippen molar-refractivity contribution in [3.8, 4) is 0 Å². The van der Waals surface area contributed by atoms with E-state index in [0.29, 0.717) is 31.6 Å². The highest BCUT2D eigenvalue weighted by Gasteiger charge is 2.24. The van der Waals surface area contributed by atoms with Crippen LogP contribution in [0.1, 0.15) is 31.9 Å². The molecule has 0 fully saturated rings. The molecule has 0 unspecified atom stereocenters. The van der Waals surface area contributed by atoms with Crippen molar-refractivity contribution in [3.05, 3.63) is 35.9 Å². The molecule has 1 aliphatic rings. The van der Waals surface area contributed by atoms with Crippen molar-refractivity contribution in [2.24, 2.45) is 5.92 Å². The minimum absolute atomic E-state index is 0.0968. The lowest BCUT2D eigenvalue weighted by atomic mass is 9.88. The average Bonchev–Trinajstić information content (AvgIpc) is 2.40. The van der Waals surface area contributed by atoms with Crippen molar-refractivity contribution >= 4 is 11.5 Å². The number of rotatable bonds is 3. The summed E-state index contributed by atoms with van der Waals surface area (Å²) in [7, 11) is 0. The molecular formula is C14H16FNO2. The third kappa shape index (κ3) is 2.75. The Morgan fingerprint density at radius 2 is 2.44 bits per heavy atom. The van der Waals surface area contributed by atoms with E-state index in [1.54, 1.807) is 19.2 Å². The molecule has 0 aromatic carbocycles. The maximum absolute atomic E-state index is 13.6. The molecule has 0 bridgehead atoms. The lowest BCUT2D eigenvalue weighted by molar-refractivity contribution is -0.148. The zero-order valence-electron chi connectivity index (χ0n) is 10.4. The predicted molar refractivity (Wildman–Crippen MR) is 66.1 cm³/mol. The van der Waals surface area contributed by atoms with Crippen LogP contribution in [0.3, 0.4) is 0 Å². The van der Waals surface area contributed by atoms with Gasteiger partial charge in [-0.25, -0.2) is 4.39 Å². The summed E-state index contributed by atoms with van der Waals surface area (Å²) in [6.45, 7) is 2.20. The second kappa shape index (κ2) is 5.76. The van der Waals surface area contributed by atoms with E-state index in [0.717, 1.165) is 5.57 Å². The first kappa shape index (κ1) is 12.7. The fraction of sp³-hybridized carbons (Fsp3) is 0.429. The van der Waals surface area contributed by atoms with Crippen LogP contribution in [0.2, 0.25) is 0 Å². The maximum atomic E-state index is 13.6. The van der Waals surface area contributed by atoms with Crippen LogP contribution in [0.15, 0.2) is 24.4 Å². The molecule has 0 aliphatic heterocycles. The third-order valence-corrected chi connectivity index (χ3v) is 3.09. The van der Waals surface area contributed by atoms with Crippen molar-refractivity contribution in [1.82, 2.24) is 4.98 Å². The lowest BCUT2D eigenvalue weighted by Gasteiger charge is -2.20. The molecule has 1 atom stereocenters. The van der Waals surface area contributed by atoms with Crippen molar-refractivity contribution in [2.45, 2.75) is 26.2 Å². The van der Waals surface area contributed by atoms with Gasteiger partial charge >= 0.3 is 5.97 Å². The van der Waals surface area contributed by atoms with Gasteiger partial charge in [0.2, 0.25) is 0 Å². The van der Waals surface area contributed by atoms with Gasteiger partial charge in [0.15, 0.2) is 0 Å². The van der Waals surface area contributed by atoms with E-state index in [2.05, 4.69) is 4.98 Å². The van der Waals surface area contributed by atoms with Crippen molar-refractivity contribution in [1.29, 1.82) is 0 Å². The number of carbonyl (C=O) groups is 1. The summed E-state index contributed by atoms with van der Waals surface area (Å²) >= 11 is 0. The Hall–Kier alpha value is -1.71. The van der Waals surface area contributed by atoms with E-state index in [1.165, 1.54) is 6.07 Å². The van der Waals surface area contributed by atoms with Crippen LogP contribution in [-0.2, 0) is 9.53 Å². The smallest absolute Gasteiger partial charge is 0.309 e. The Morgan fingerprint density at radius 1 is 1.61 bits per heavy atom. The van der Waals surface area contributed by atoms with Gasteiger partial charge in [0.05, 0.1) is 12.5 Å². The quantitative estimate of drug-likeness (QED) is 0.773. The fourth-order valence-corrected chi connectivity index (χ4v) is 2.15. The Morgan fingerprint density at radius 3 is 3.06 bits per heavy atom. The van der Waals surface area contributed by atoms with E-state index in [1.807, 2.05) is 6.08 Å². The van der Waals surface area contributed by atoms with Gasteiger partial charge in [-0.2, -0.15) is 0 Å². The zero-order chi connectivity index (χ0) is 13.0. The second-order valence-electron chi connectivity index (χ2n) is 4.29. The average molecular weight is 249 g/mol.